The van der Waals surface area contributed by atoms with Crippen molar-refractivity contribution in [1.82, 2.24) is 0 Å². The van der Waals surface area contributed by atoms with Crippen LogP contribution >= 0.6 is 0 Å². The molecule has 3 rings (SSSR count). The predicted molar refractivity (Wildman–Crippen MR) is 106 cm³/mol. The van der Waals surface area contributed by atoms with Gasteiger partial charge < -0.3 is 14.6 Å². The average Bonchev–Trinajstić information content (AvgIpc) is 2.77. The lowest BCUT2D eigenvalue weighted by Gasteiger charge is -2.32. The predicted octanol–water partition coefficient (Wildman–Crippen LogP) is 3.86. The maximum absolute atomic E-state index is 11.2. The molecule has 0 radical (unpaired) electrons. The third kappa shape index (κ3) is 4.00. The van der Waals surface area contributed by atoms with Gasteiger partial charge in [0.25, 0.3) is 0 Å². The number of carbonyl (C=O) groups is 1. The lowest BCUT2D eigenvalue weighted by atomic mass is 9.79. The summed E-state index contributed by atoms with van der Waals surface area (Å²) < 4.78 is 12.3. The molecule has 2 aromatic rings. The Hall–Kier alpha value is -2.11. The summed E-state index contributed by atoms with van der Waals surface area (Å²) in [7, 11) is -0.375. The molecule has 0 spiro atoms. The molecule has 1 saturated heterocycles. The zero-order valence-corrected chi connectivity index (χ0v) is 16.1. The van der Waals surface area contributed by atoms with Crippen molar-refractivity contribution in [3.05, 3.63) is 54.1 Å². The number of nitrogens with one attached hydrogen (secondary N) is 1. The van der Waals surface area contributed by atoms with Crippen molar-refractivity contribution in [2.45, 2.75) is 52.2 Å². The minimum Gasteiger partial charge on any atom is -0.399 e. The Labute approximate surface area is 156 Å². The van der Waals surface area contributed by atoms with Gasteiger partial charge in [0, 0.05) is 17.8 Å². The fourth-order valence-corrected chi connectivity index (χ4v) is 2.90. The van der Waals surface area contributed by atoms with E-state index < -0.39 is 0 Å². The molecule has 1 heterocycles. The first-order valence-electron chi connectivity index (χ1n) is 8.97. The molecule has 0 bridgehead atoms. The van der Waals surface area contributed by atoms with Crippen LogP contribution in [-0.4, -0.2) is 24.1 Å². The highest BCUT2D eigenvalue weighted by molar-refractivity contribution is 6.62. The second-order valence-electron chi connectivity index (χ2n) is 7.91. The molecule has 1 aliphatic rings. The van der Waals surface area contributed by atoms with Gasteiger partial charge in [0.15, 0.2) is 0 Å². The van der Waals surface area contributed by atoms with Crippen LogP contribution in [0.3, 0.4) is 0 Å². The van der Waals surface area contributed by atoms with Crippen LogP contribution in [0.5, 0.6) is 0 Å². The van der Waals surface area contributed by atoms with E-state index in [9.17, 15) is 4.79 Å². The highest BCUT2D eigenvalue weighted by atomic mass is 16.7. The second-order valence-corrected chi connectivity index (χ2v) is 7.91. The molecular formula is C21H26BNO3. The number of benzene rings is 2. The topological polar surface area (TPSA) is 47.6 Å². The molecular weight excluding hydrogens is 325 g/mol. The SMILES string of the molecule is CC(=O)Cc1ccc(Nc2cccc(B3OC(C)(C)C(C)(C)O3)c2)cc1. The quantitative estimate of drug-likeness (QED) is 0.831. The molecule has 1 fully saturated rings. The Morgan fingerprint density at radius 2 is 1.58 bits per heavy atom. The van der Waals surface area contributed by atoms with Crippen LogP contribution in [0.1, 0.15) is 40.2 Å². The van der Waals surface area contributed by atoms with Crippen LogP contribution < -0.4 is 10.8 Å². The summed E-state index contributed by atoms with van der Waals surface area (Å²) in [4.78, 5) is 11.2. The van der Waals surface area contributed by atoms with Crippen molar-refractivity contribution in [2.24, 2.45) is 0 Å². The van der Waals surface area contributed by atoms with E-state index in [-0.39, 0.29) is 24.1 Å². The summed E-state index contributed by atoms with van der Waals surface area (Å²) in [5.41, 5.74) is 3.25. The molecule has 1 aliphatic heterocycles. The molecule has 0 aliphatic carbocycles. The van der Waals surface area contributed by atoms with Crippen LogP contribution in [0.15, 0.2) is 48.5 Å². The van der Waals surface area contributed by atoms with Gasteiger partial charge in [0.2, 0.25) is 0 Å². The number of hydrogen-bond acceptors (Lipinski definition) is 4. The number of rotatable bonds is 5. The standard InChI is InChI=1S/C21H26BNO3/c1-15(24)13-16-9-11-18(12-10-16)23-19-8-6-7-17(14-19)22-25-20(2,3)21(4,5)26-22/h6-12,14,23H,13H2,1-5H3. The average molecular weight is 351 g/mol. The molecule has 5 heteroatoms. The monoisotopic (exact) mass is 351 g/mol. The first-order valence-corrected chi connectivity index (χ1v) is 8.97. The van der Waals surface area contributed by atoms with Crippen LogP contribution in [-0.2, 0) is 20.5 Å². The molecule has 0 saturated carbocycles. The number of ketones is 1. The zero-order chi connectivity index (χ0) is 18.9. The first kappa shape index (κ1) is 18.7. The Bertz CT molecular complexity index is 783. The number of Topliss-reactive ketones (excluding diaryl/α,β-unsaturated/α-hetero) is 1. The summed E-state index contributed by atoms with van der Waals surface area (Å²) in [6, 6.07) is 16.0. The van der Waals surface area contributed by atoms with Gasteiger partial charge in [-0.2, -0.15) is 0 Å². The van der Waals surface area contributed by atoms with Crippen molar-refractivity contribution in [2.75, 3.05) is 5.32 Å². The van der Waals surface area contributed by atoms with E-state index in [1.165, 1.54) is 0 Å². The number of hydrogen-bond donors (Lipinski definition) is 1. The van der Waals surface area contributed by atoms with Crippen LogP contribution in [0.2, 0.25) is 0 Å². The smallest absolute Gasteiger partial charge is 0.399 e. The lowest BCUT2D eigenvalue weighted by Crippen LogP contribution is -2.41. The molecule has 4 nitrogen and oxygen atoms in total. The molecule has 26 heavy (non-hydrogen) atoms. The highest BCUT2D eigenvalue weighted by Gasteiger charge is 2.51. The fourth-order valence-electron chi connectivity index (χ4n) is 2.90. The van der Waals surface area contributed by atoms with E-state index in [0.717, 1.165) is 22.4 Å². The molecule has 0 aromatic heterocycles. The number of carbonyl (C=O) groups excluding carboxylic acids is 1. The summed E-state index contributed by atoms with van der Waals surface area (Å²) in [5.74, 6) is 0.167. The van der Waals surface area contributed by atoms with E-state index in [1.807, 2.05) is 48.5 Å². The van der Waals surface area contributed by atoms with Gasteiger partial charge in [0.1, 0.15) is 5.78 Å². The molecule has 0 atom stereocenters. The van der Waals surface area contributed by atoms with E-state index in [2.05, 4.69) is 33.0 Å². The Morgan fingerprint density at radius 1 is 0.962 bits per heavy atom. The lowest BCUT2D eigenvalue weighted by molar-refractivity contribution is -0.116. The van der Waals surface area contributed by atoms with Gasteiger partial charge in [-0.1, -0.05) is 24.3 Å². The largest absolute Gasteiger partial charge is 0.494 e. The maximum Gasteiger partial charge on any atom is 0.494 e. The summed E-state index contributed by atoms with van der Waals surface area (Å²) >= 11 is 0. The molecule has 2 aromatic carbocycles. The number of anilines is 2. The summed E-state index contributed by atoms with van der Waals surface area (Å²) in [5, 5.41) is 3.39. The van der Waals surface area contributed by atoms with Crippen LogP contribution in [0.25, 0.3) is 0 Å². The van der Waals surface area contributed by atoms with Gasteiger partial charge in [-0.3, -0.25) is 4.79 Å². The van der Waals surface area contributed by atoms with Crippen LogP contribution in [0.4, 0.5) is 11.4 Å². The van der Waals surface area contributed by atoms with Crippen LogP contribution in [0, 0.1) is 0 Å². The highest BCUT2D eigenvalue weighted by Crippen LogP contribution is 2.36. The zero-order valence-electron chi connectivity index (χ0n) is 16.1. The fraction of sp³-hybridized carbons (Fsp3) is 0.381. The van der Waals surface area contributed by atoms with E-state index in [1.54, 1.807) is 6.92 Å². The van der Waals surface area contributed by atoms with Crippen molar-refractivity contribution < 1.29 is 14.1 Å². The third-order valence-electron chi connectivity index (χ3n) is 5.11. The normalized spacial score (nSPS) is 18.0. The summed E-state index contributed by atoms with van der Waals surface area (Å²) in [6.45, 7) is 9.82. The Balaban J connectivity index is 1.73. The second kappa shape index (κ2) is 6.90. The maximum atomic E-state index is 11.2. The van der Waals surface area contributed by atoms with E-state index in [0.29, 0.717) is 6.42 Å². The van der Waals surface area contributed by atoms with E-state index >= 15 is 0 Å². The van der Waals surface area contributed by atoms with Gasteiger partial charge >= 0.3 is 7.12 Å². The minimum absolute atomic E-state index is 0.167. The molecule has 0 unspecified atom stereocenters. The van der Waals surface area contributed by atoms with Crippen molar-refractivity contribution in [3.63, 3.8) is 0 Å². The van der Waals surface area contributed by atoms with Gasteiger partial charge in [-0.05, 0) is 69.9 Å². The van der Waals surface area contributed by atoms with Gasteiger partial charge in [-0.15, -0.1) is 0 Å². The minimum atomic E-state index is -0.375. The first-order chi connectivity index (χ1) is 12.2. The third-order valence-corrected chi connectivity index (χ3v) is 5.11. The van der Waals surface area contributed by atoms with Crippen molar-refractivity contribution in [3.8, 4) is 0 Å². The van der Waals surface area contributed by atoms with Crippen molar-refractivity contribution >= 4 is 29.7 Å². The van der Waals surface area contributed by atoms with E-state index in [4.69, 9.17) is 9.31 Å². The van der Waals surface area contributed by atoms with Gasteiger partial charge in [0.05, 0.1) is 11.2 Å². The molecule has 1 N–H and O–H groups in total. The molecule has 136 valence electrons. The molecule has 0 amide bonds. The Kier molecular flexibility index (Phi) is 4.95. The van der Waals surface area contributed by atoms with Gasteiger partial charge in [-0.25, -0.2) is 0 Å². The Morgan fingerprint density at radius 3 is 2.15 bits per heavy atom. The summed E-state index contributed by atoms with van der Waals surface area (Å²) in [6.07, 6.45) is 0.470. The van der Waals surface area contributed by atoms with Crippen molar-refractivity contribution in [1.29, 1.82) is 0 Å².